The SMILES string of the molecule is CC1(O)CCC(Nc2cc(Nc3ccnc(-c4cnn(CC(F)(F)F)c4)n3)ncc2-c2ccn(C(F)F)n2)CC1. The maximum atomic E-state index is 13.1. The second-order valence-electron chi connectivity index (χ2n) is 9.92. The van der Waals surface area contributed by atoms with Crippen LogP contribution in [0.2, 0.25) is 0 Å². The molecule has 0 radical (unpaired) electrons. The second-order valence-corrected chi connectivity index (χ2v) is 9.92. The van der Waals surface area contributed by atoms with E-state index in [0.29, 0.717) is 64.5 Å². The minimum atomic E-state index is -4.41. The number of rotatable bonds is 8. The number of hydrogen-bond acceptors (Lipinski definition) is 8. The fraction of sp³-hybridized carbons (Fsp3) is 0.400. The quantitative estimate of drug-likeness (QED) is 0.244. The van der Waals surface area contributed by atoms with Gasteiger partial charge in [-0.15, -0.1) is 0 Å². The van der Waals surface area contributed by atoms with E-state index in [0.717, 1.165) is 4.68 Å². The van der Waals surface area contributed by atoms with Crippen molar-refractivity contribution in [2.45, 2.75) is 63.5 Å². The van der Waals surface area contributed by atoms with Gasteiger partial charge in [-0.2, -0.15) is 32.1 Å². The molecule has 10 nitrogen and oxygen atoms in total. The van der Waals surface area contributed by atoms with Crippen LogP contribution < -0.4 is 10.6 Å². The molecule has 0 bridgehead atoms. The Hall–Kier alpha value is -4.14. The van der Waals surface area contributed by atoms with Crippen LogP contribution in [0.1, 0.15) is 39.2 Å². The van der Waals surface area contributed by atoms with Crippen LogP contribution in [0.15, 0.2) is 49.2 Å². The zero-order chi connectivity index (χ0) is 28.5. The van der Waals surface area contributed by atoms with E-state index in [4.69, 9.17) is 0 Å². The molecular formula is C25H26F5N9O. The molecule has 4 aromatic heterocycles. The highest BCUT2D eigenvalue weighted by atomic mass is 19.4. The molecule has 1 aliphatic carbocycles. The zero-order valence-corrected chi connectivity index (χ0v) is 21.3. The van der Waals surface area contributed by atoms with Gasteiger partial charge in [0.25, 0.3) is 0 Å². The first kappa shape index (κ1) is 27.4. The Morgan fingerprint density at radius 1 is 1.12 bits per heavy atom. The molecule has 0 saturated heterocycles. The van der Waals surface area contributed by atoms with Crippen molar-refractivity contribution in [3.05, 3.63) is 49.2 Å². The molecule has 1 aliphatic rings. The number of hydrogen-bond donors (Lipinski definition) is 3. The molecule has 0 atom stereocenters. The van der Waals surface area contributed by atoms with Crippen molar-refractivity contribution in [2.24, 2.45) is 0 Å². The summed E-state index contributed by atoms with van der Waals surface area (Å²) >= 11 is 0. The topological polar surface area (TPSA) is 119 Å². The number of aliphatic hydroxyl groups is 1. The van der Waals surface area contributed by atoms with E-state index in [1.807, 2.05) is 0 Å². The first-order chi connectivity index (χ1) is 18.9. The van der Waals surface area contributed by atoms with Crippen LogP contribution in [-0.4, -0.2) is 57.4 Å². The molecule has 0 amide bonds. The van der Waals surface area contributed by atoms with Crippen molar-refractivity contribution in [3.8, 4) is 22.6 Å². The number of pyridine rings is 1. The highest BCUT2D eigenvalue weighted by Crippen LogP contribution is 2.34. The van der Waals surface area contributed by atoms with Crippen LogP contribution in [-0.2, 0) is 6.54 Å². The molecule has 0 unspecified atom stereocenters. The first-order valence-corrected chi connectivity index (χ1v) is 12.5. The fourth-order valence-corrected chi connectivity index (χ4v) is 4.49. The molecule has 212 valence electrons. The molecule has 0 aromatic carbocycles. The average molecular weight is 564 g/mol. The Balaban J connectivity index is 1.39. The van der Waals surface area contributed by atoms with Crippen LogP contribution in [0.5, 0.6) is 0 Å². The van der Waals surface area contributed by atoms with Crippen LogP contribution in [0.4, 0.5) is 39.3 Å². The molecule has 0 spiro atoms. The van der Waals surface area contributed by atoms with Crippen molar-refractivity contribution in [3.63, 3.8) is 0 Å². The molecule has 4 heterocycles. The van der Waals surface area contributed by atoms with Gasteiger partial charge < -0.3 is 15.7 Å². The lowest BCUT2D eigenvalue weighted by Crippen LogP contribution is -2.35. The maximum absolute atomic E-state index is 13.1. The van der Waals surface area contributed by atoms with E-state index in [9.17, 15) is 27.1 Å². The van der Waals surface area contributed by atoms with Gasteiger partial charge in [-0.3, -0.25) is 4.68 Å². The predicted molar refractivity (Wildman–Crippen MR) is 136 cm³/mol. The minimum absolute atomic E-state index is 0.0327. The Morgan fingerprint density at radius 3 is 2.60 bits per heavy atom. The van der Waals surface area contributed by atoms with Gasteiger partial charge in [-0.1, -0.05) is 0 Å². The van der Waals surface area contributed by atoms with Crippen LogP contribution in [0, 0.1) is 0 Å². The monoisotopic (exact) mass is 563 g/mol. The molecule has 0 aliphatic heterocycles. The Morgan fingerprint density at radius 2 is 1.90 bits per heavy atom. The summed E-state index contributed by atoms with van der Waals surface area (Å²) < 4.78 is 65.7. The van der Waals surface area contributed by atoms with Crippen molar-refractivity contribution >= 4 is 17.3 Å². The summed E-state index contributed by atoms with van der Waals surface area (Å²) in [6.45, 7) is -2.21. The lowest BCUT2D eigenvalue weighted by atomic mass is 9.83. The van der Waals surface area contributed by atoms with E-state index in [1.165, 1.54) is 37.1 Å². The molecule has 3 N–H and O–H groups in total. The summed E-state index contributed by atoms with van der Waals surface area (Å²) in [5.74, 6) is 0.871. The number of anilines is 3. The normalized spacial score (nSPS) is 19.6. The van der Waals surface area contributed by atoms with Crippen molar-refractivity contribution in [2.75, 3.05) is 10.6 Å². The summed E-state index contributed by atoms with van der Waals surface area (Å²) in [5.41, 5.74) is 1.01. The molecule has 15 heteroatoms. The van der Waals surface area contributed by atoms with Gasteiger partial charge in [-0.05, 0) is 44.7 Å². The van der Waals surface area contributed by atoms with Gasteiger partial charge in [0.1, 0.15) is 18.2 Å². The lowest BCUT2D eigenvalue weighted by molar-refractivity contribution is -0.142. The summed E-state index contributed by atoms with van der Waals surface area (Å²) in [7, 11) is 0. The third kappa shape index (κ3) is 6.70. The van der Waals surface area contributed by atoms with E-state index in [-0.39, 0.29) is 11.9 Å². The van der Waals surface area contributed by atoms with E-state index in [1.54, 1.807) is 19.1 Å². The maximum Gasteiger partial charge on any atom is 0.408 e. The van der Waals surface area contributed by atoms with Gasteiger partial charge in [0, 0.05) is 48.1 Å². The van der Waals surface area contributed by atoms with E-state index < -0.39 is 24.9 Å². The summed E-state index contributed by atoms with van der Waals surface area (Å²) in [4.78, 5) is 12.9. The second kappa shape index (κ2) is 10.8. The predicted octanol–water partition coefficient (Wildman–Crippen LogP) is 5.41. The number of nitrogens with zero attached hydrogens (tertiary/aromatic N) is 7. The van der Waals surface area contributed by atoms with Crippen LogP contribution in [0.25, 0.3) is 22.6 Å². The zero-order valence-electron chi connectivity index (χ0n) is 21.3. The Bertz CT molecular complexity index is 1460. The van der Waals surface area contributed by atoms with E-state index in [2.05, 4.69) is 35.8 Å². The largest absolute Gasteiger partial charge is 0.408 e. The minimum Gasteiger partial charge on any atom is -0.390 e. The van der Waals surface area contributed by atoms with Crippen molar-refractivity contribution < 1.29 is 27.1 Å². The standard InChI is InChI=1S/C25H26F5N9O/c1-24(40)6-2-16(3-7-24)34-19-10-21(32-12-17(19)18-5-9-39(37-18)23(26)27)35-20-4-8-31-22(36-20)15-11-33-38(13-15)14-25(28,29)30/h4-5,8-13,16,23,40H,2-3,6-7,14H2,1H3,(H2,31,32,34,35,36). The molecular weight excluding hydrogens is 537 g/mol. The number of alkyl halides is 5. The highest BCUT2D eigenvalue weighted by Gasteiger charge is 2.30. The van der Waals surface area contributed by atoms with Gasteiger partial charge in [0.15, 0.2) is 5.82 Å². The highest BCUT2D eigenvalue weighted by molar-refractivity contribution is 5.78. The molecule has 4 aromatic rings. The summed E-state index contributed by atoms with van der Waals surface area (Å²) in [6.07, 6.45) is 4.83. The van der Waals surface area contributed by atoms with E-state index >= 15 is 0 Å². The summed E-state index contributed by atoms with van der Waals surface area (Å²) in [6, 6.07) is 4.78. The van der Waals surface area contributed by atoms with Gasteiger partial charge in [0.2, 0.25) is 0 Å². The first-order valence-electron chi connectivity index (χ1n) is 12.5. The molecule has 1 saturated carbocycles. The Labute approximate surface area is 225 Å². The van der Waals surface area contributed by atoms with Crippen molar-refractivity contribution in [1.29, 1.82) is 0 Å². The number of halogens is 5. The van der Waals surface area contributed by atoms with Gasteiger partial charge in [0.05, 0.1) is 23.1 Å². The smallest absolute Gasteiger partial charge is 0.390 e. The van der Waals surface area contributed by atoms with Gasteiger partial charge >= 0.3 is 12.7 Å². The third-order valence-corrected chi connectivity index (χ3v) is 6.56. The Kier molecular flexibility index (Phi) is 7.40. The molecule has 40 heavy (non-hydrogen) atoms. The number of nitrogens with one attached hydrogen (secondary N) is 2. The number of aromatic nitrogens is 7. The molecule has 1 fully saturated rings. The summed E-state index contributed by atoms with van der Waals surface area (Å²) in [5, 5.41) is 24.5. The fourth-order valence-electron chi connectivity index (χ4n) is 4.49. The third-order valence-electron chi connectivity index (χ3n) is 6.56. The lowest BCUT2D eigenvalue weighted by Gasteiger charge is -2.34. The molecule has 5 rings (SSSR count). The average Bonchev–Trinajstić information content (AvgIpc) is 3.55. The van der Waals surface area contributed by atoms with Crippen molar-refractivity contribution in [1.82, 2.24) is 34.5 Å². The van der Waals surface area contributed by atoms with Crippen LogP contribution >= 0.6 is 0 Å². The van der Waals surface area contributed by atoms with Crippen LogP contribution in [0.3, 0.4) is 0 Å². The van der Waals surface area contributed by atoms with Gasteiger partial charge in [-0.25, -0.2) is 19.6 Å².